The van der Waals surface area contributed by atoms with Gasteiger partial charge >= 0.3 is 5.97 Å². The molecule has 0 aliphatic carbocycles. The Morgan fingerprint density at radius 2 is 2.08 bits per heavy atom. The zero-order valence-electron chi connectivity index (χ0n) is 15.5. The summed E-state index contributed by atoms with van der Waals surface area (Å²) in [6.45, 7) is 10.4. The maximum Gasteiger partial charge on any atom is 0.310 e. The fourth-order valence-electron chi connectivity index (χ4n) is 3.77. The van der Waals surface area contributed by atoms with Crippen molar-refractivity contribution in [3.05, 3.63) is 0 Å². The monoisotopic (exact) mass is 452 g/mol. The van der Waals surface area contributed by atoms with Crippen molar-refractivity contribution in [2.75, 3.05) is 53.4 Å². The lowest BCUT2D eigenvalue weighted by molar-refractivity contribution is -0.145. The molecule has 0 amide bonds. The third kappa shape index (κ3) is 5.47. The number of carbonyl (C=O) groups is 1. The maximum absolute atomic E-state index is 11.8. The fourth-order valence-corrected chi connectivity index (χ4v) is 3.77. The van der Waals surface area contributed by atoms with Gasteiger partial charge in [0.1, 0.15) is 0 Å². The summed E-state index contributed by atoms with van der Waals surface area (Å²) in [5.74, 6) is 1.73. The third-order valence-electron chi connectivity index (χ3n) is 5.23. The molecule has 0 bridgehead atoms. The van der Waals surface area contributed by atoms with Crippen molar-refractivity contribution >= 4 is 35.9 Å². The molecule has 140 valence electrons. The van der Waals surface area contributed by atoms with Crippen LogP contribution in [0.3, 0.4) is 0 Å². The van der Waals surface area contributed by atoms with Crippen LogP contribution in [0, 0.1) is 17.8 Å². The van der Waals surface area contributed by atoms with Crippen LogP contribution in [0.25, 0.3) is 0 Å². The zero-order chi connectivity index (χ0) is 16.8. The van der Waals surface area contributed by atoms with Gasteiger partial charge in [-0.15, -0.1) is 24.0 Å². The molecule has 0 radical (unpaired) electrons. The molecule has 1 N–H and O–H groups in total. The molecular weight excluding hydrogens is 419 g/mol. The van der Waals surface area contributed by atoms with Crippen molar-refractivity contribution in [1.29, 1.82) is 0 Å². The van der Waals surface area contributed by atoms with Gasteiger partial charge in [0.2, 0.25) is 0 Å². The van der Waals surface area contributed by atoms with Crippen molar-refractivity contribution in [2.24, 2.45) is 22.7 Å². The van der Waals surface area contributed by atoms with Crippen LogP contribution in [0.5, 0.6) is 0 Å². The lowest BCUT2D eigenvalue weighted by atomic mass is 9.98. The molecule has 2 aliphatic rings. The molecule has 0 aromatic heterocycles. The first-order valence-electron chi connectivity index (χ1n) is 8.84. The summed E-state index contributed by atoms with van der Waals surface area (Å²) in [5.41, 5.74) is 0. The predicted octanol–water partition coefficient (Wildman–Crippen LogP) is 1.65. The van der Waals surface area contributed by atoms with Crippen LogP contribution in [0.1, 0.15) is 26.7 Å². The molecule has 2 aliphatic heterocycles. The molecule has 2 rings (SSSR count). The highest BCUT2D eigenvalue weighted by atomic mass is 127. The van der Waals surface area contributed by atoms with Gasteiger partial charge in [-0.3, -0.25) is 9.79 Å². The number of carbonyl (C=O) groups excluding carboxylic acids is 1. The number of aliphatic imine (C=N–C) groups is 1. The van der Waals surface area contributed by atoms with Crippen LogP contribution in [-0.2, 0) is 9.53 Å². The van der Waals surface area contributed by atoms with Gasteiger partial charge in [-0.05, 0) is 37.8 Å². The Balaban J connectivity index is 0.00000288. The molecule has 0 aromatic carbocycles. The Bertz CT molecular complexity index is 433. The standard InChI is InChI=1S/C17H32N4O2.HI/c1-5-20-8-6-7-14(11-20)9-19-17(18-3)21-10-13(2)15(12-21)16(22)23-4;/h13-15H,5-12H2,1-4H3,(H,18,19);1H. The van der Waals surface area contributed by atoms with Crippen LogP contribution in [0.2, 0.25) is 0 Å². The summed E-state index contributed by atoms with van der Waals surface area (Å²) >= 11 is 0. The average molecular weight is 452 g/mol. The van der Waals surface area contributed by atoms with E-state index in [0.717, 1.165) is 25.6 Å². The molecule has 2 saturated heterocycles. The molecule has 3 atom stereocenters. The lowest BCUT2D eigenvalue weighted by Crippen LogP contribution is -2.45. The Morgan fingerprint density at radius 3 is 2.71 bits per heavy atom. The summed E-state index contributed by atoms with van der Waals surface area (Å²) < 4.78 is 4.91. The minimum Gasteiger partial charge on any atom is -0.469 e. The summed E-state index contributed by atoms with van der Waals surface area (Å²) in [7, 11) is 3.28. The minimum atomic E-state index is -0.110. The normalized spacial score (nSPS) is 28.4. The van der Waals surface area contributed by atoms with Crippen LogP contribution >= 0.6 is 24.0 Å². The van der Waals surface area contributed by atoms with Crippen molar-refractivity contribution in [2.45, 2.75) is 26.7 Å². The molecule has 3 unspecified atom stereocenters. The smallest absolute Gasteiger partial charge is 0.310 e. The number of rotatable bonds is 4. The van der Waals surface area contributed by atoms with Crippen LogP contribution in [0.4, 0.5) is 0 Å². The van der Waals surface area contributed by atoms with Gasteiger partial charge in [0.15, 0.2) is 5.96 Å². The number of halogens is 1. The predicted molar refractivity (Wildman–Crippen MR) is 108 cm³/mol. The van der Waals surface area contributed by atoms with E-state index in [4.69, 9.17) is 4.74 Å². The molecule has 2 heterocycles. The first-order valence-corrected chi connectivity index (χ1v) is 8.84. The van der Waals surface area contributed by atoms with E-state index in [2.05, 4.69) is 34.0 Å². The number of piperidine rings is 1. The van der Waals surface area contributed by atoms with Gasteiger partial charge in [-0.2, -0.15) is 0 Å². The lowest BCUT2D eigenvalue weighted by Gasteiger charge is -2.33. The van der Waals surface area contributed by atoms with Crippen molar-refractivity contribution in [3.63, 3.8) is 0 Å². The minimum absolute atomic E-state index is 0. The van der Waals surface area contributed by atoms with Gasteiger partial charge in [0, 0.05) is 33.2 Å². The van der Waals surface area contributed by atoms with E-state index in [-0.39, 0.29) is 35.9 Å². The molecule has 6 nitrogen and oxygen atoms in total. The molecule has 0 spiro atoms. The van der Waals surface area contributed by atoms with E-state index >= 15 is 0 Å². The van der Waals surface area contributed by atoms with E-state index in [1.54, 1.807) is 0 Å². The van der Waals surface area contributed by atoms with E-state index < -0.39 is 0 Å². The average Bonchev–Trinajstić information content (AvgIpc) is 2.96. The molecular formula is C17H33IN4O2. The van der Waals surface area contributed by atoms with E-state index in [1.807, 2.05) is 7.05 Å². The van der Waals surface area contributed by atoms with Crippen LogP contribution in [0.15, 0.2) is 4.99 Å². The molecule has 7 heteroatoms. The largest absolute Gasteiger partial charge is 0.469 e. The Hall–Kier alpha value is -0.570. The van der Waals surface area contributed by atoms with Crippen molar-refractivity contribution < 1.29 is 9.53 Å². The van der Waals surface area contributed by atoms with Crippen molar-refractivity contribution in [1.82, 2.24) is 15.1 Å². The van der Waals surface area contributed by atoms with Crippen LogP contribution < -0.4 is 5.32 Å². The first kappa shape index (κ1) is 21.5. The Labute approximate surface area is 163 Å². The molecule has 24 heavy (non-hydrogen) atoms. The molecule has 2 fully saturated rings. The number of esters is 1. The molecule has 0 aromatic rings. The zero-order valence-corrected chi connectivity index (χ0v) is 17.8. The highest BCUT2D eigenvalue weighted by molar-refractivity contribution is 14.0. The SMILES string of the molecule is CCN1CCCC(CNC(=NC)N2CC(C)C(C(=O)OC)C2)C1.I. The number of ether oxygens (including phenoxy) is 1. The van der Waals surface area contributed by atoms with Gasteiger partial charge in [0.05, 0.1) is 13.0 Å². The summed E-state index contributed by atoms with van der Waals surface area (Å²) in [5, 5.41) is 3.52. The van der Waals surface area contributed by atoms with E-state index in [9.17, 15) is 4.79 Å². The number of nitrogens with zero attached hydrogens (tertiary/aromatic N) is 3. The Kier molecular flexibility index (Phi) is 9.33. The van der Waals surface area contributed by atoms with Crippen molar-refractivity contribution in [3.8, 4) is 0 Å². The van der Waals surface area contributed by atoms with E-state index in [0.29, 0.717) is 18.4 Å². The second kappa shape index (κ2) is 10.4. The number of hydrogen-bond acceptors (Lipinski definition) is 4. The topological polar surface area (TPSA) is 57.2 Å². The number of hydrogen-bond donors (Lipinski definition) is 1. The number of methoxy groups -OCH3 is 1. The molecule has 0 saturated carbocycles. The number of guanidine groups is 1. The van der Waals surface area contributed by atoms with Gasteiger partial charge in [-0.1, -0.05) is 13.8 Å². The van der Waals surface area contributed by atoms with E-state index in [1.165, 1.54) is 33.0 Å². The quantitative estimate of drug-likeness (QED) is 0.304. The second-order valence-corrected chi connectivity index (χ2v) is 6.84. The number of nitrogens with one attached hydrogen (secondary N) is 1. The summed E-state index contributed by atoms with van der Waals surface area (Å²) in [4.78, 5) is 21.0. The van der Waals surface area contributed by atoms with Crippen LogP contribution in [-0.4, -0.2) is 75.2 Å². The second-order valence-electron chi connectivity index (χ2n) is 6.84. The number of likely N-dealkylation sites (tertiary alicyclic amines) is 2. The first-order chi connectivity index (χ1) is 11.1. The third-order valence-corrected chi connectivity index (χ3v) is 5.23. The fraction of sp³-hybridized carbons (Fsp3) is 0.882. The summed E-state index contributed by atoms with van der Waals surface area (Å²) in [6, 6.07) is 0. The highest BCUT2D eigenvalue weighted by Crippen LogP contribution is 2.24. The van der Waals surface area contributed by atoms with Gasteiger partial charge < -0.3 is 19.9 Å². The highest BCUT2D eigenvalue weighted by Gasteiger charge is 2.37. The Morgan fingerprint density at radius 1 is 1.33 bits per heavy atom. The summed E-state index contributed by atoms with van der Waals surface area (Å²) in [6.07, 6.45) is 2.56. The van der Waals surface area contributed by atoms with Gasteiger partial charge in [0.25, 0.3) is 0 Å². The van der Waals surface area contributed by atoms with Gasteiger partial charge in [-0.25, -0.2) is 0 Å². The maximum atomic E-state index is 11.8.